The summed E-state index contributed by atoms with van der Waals surface area (Å²) in [5.74, 6) is -10.4. The number of nitrogens with zero attached hydrogens (tertiary/aromatic N) is 6. The Bertz CT molecular complexity index is 2800. The summed E-state index contributed by atoms with van der Waals surface area (Å²) in [6.07, 6.45) is 6.95. The van der Waals surface area contributed by atoms with Gasteiger partial charge in [0, 0.05) is 99.8 Å². The van der Waals surface area contributed by atoms with Crippen LogP contribution in [0, 0.1) is 11.6 Å². The van der Waals surface area contributed by atoms with Crippen LogP contribution in [0.25, 0.3) is 0 Å². The Morgan fingerprint density at radius 2 is 1.17 bits per heavy atom. The zero-order valence-electron chi connectivity index (χ0n) is 40.3. The van der Waals surface area contributed by atoms with E-state index in [2.05, 4.69) is 41.5 Å². The Labute approximate surface area is 452 Å². The van der Waals surface area contributed by atoms with Crippen LogP contribution in [0.3, 0.4) is 0 Å². The molecule has 2 saturated heterocycles. The number of benzene rings is 2. The third kappa shape index (κ3) is 14.6. The molecule has 2 fully saturated rings. The molecule has 0 bridgehead atoms. The number of hydrogen-bond donors (Lipinski definition) is 4. The summed E-state index contributed by atoms with van der Waals surface area (Å²) < 4.78 is 96.7. The number of carbonyl (C=O) groups is 4. The molecule has 26 heteroatoms. The molecule has 4 aromatic rings. The average Bonchev–Trinajstić information content (AvgIpc) is 4.10. The third-order valence-corrected chi connectivity index (χ3v) is 14.7. The maximum Gasteiger partial charge on any atom is 0.338 e. The van der Waals surface area contributed by atoms with E-state index >= 15 is 0 Å². The summed E-state index contributed by atoms with van der Waals surface area (Å²) >= 11 is 12.3. The smallest absolute Gasteiger partial charge is 0.338 e. The molecule has 4 atom stereocenters. The van der Waals surface area contributed by atoms with E-state index < -0.39 is 97.5 Å². The minimum Gasteiger partial charge on any atom is -0.478 e. The fourth-order valence-corrected chi connectivity index (χ4v) is 10.8. The lowest BCUT2D eigenvalue weighted by Gasteiger charge is -2.39. The van der Waals surface area contributed by atoms with Crippen LogP contribution in [0.2, 0.25) is 5.02 Å². The Balaban J connectivity index is 0.000000221. The summed E-state index contributed by atoms with van der Waals surface area (Å²) in [5, 5.41) is 28.8. The second-order valence-electron chi connectivity index (χ2n) is 17.4. The van der Waals surface area contributed by atoms with Crippen molar-refractivity contribution >= 4 is 85.8 Å². The Hall–Kier alpha value is -6.25. The number of carbonyl (C=O) groups excluding carboxylic acids is 2. The average molecular weight is 1180 g/mol. The fourth-order valence-electron chi connectivity index (χ4n) is 8.78. The number of rotatable bonds is 16. The quantitative estimate of drug-likeness (QED) is 0.0469. The zero-order chi connectivity index (χ0) is 54.9. The lowest BCUT2D eigenvalue weighted by molar-refractivity contribution is -0.140. The predicted octanol–water partition coefficient (Wildman–Crippen LogP) is 9.28. The number of alkyl halides is 4. The second-order valence-corrected chi connectivity index (χ2v) is 20.4. The molecule has 0 amide bonds. The topological polar surface area (TPSA) is 208 Å². The molecule has 16 nitrogen and oxygen atoms in total. The molecule has 0 saturated carbocycles. The molecule has 4 N–H and O–H groups in total. The molecular weight excluding hydrogens is 1130 g/mol. The van der Waals surface area contributed by atoms with E-state index in [0.717, 1.165) is 18.2 Å². The van der Waals surface area contributed by atoms with Crippen molar-refractivity contribution in [2.45, 2.75) is 75.5 Å². The number of likely N-dealkylation sites (tertiary alicyclic amines) is 2. The van der Waals surface area contributed by atoms with Crippen LogP contribution in [0.1, 0.15) is 72.8 Å². The zero-order valence-corrected chi connectivity index (χ0v) is 44.3. The molecule has 2 aromatic carbocycles. The van der Waals surface area contributed by atoms with Crippen LogP contribution in [-0.2, 0) is 28.7 Å². The van der Waals surface area contributed by atoms with Gasteiger partial charge >= 0.3 is 23.9 Å². The number of thiazole rings is 2. The number of aliphatic imine (C=N–C) groups is 2. The van der Waals surface area contributed by atoms with Crippen molar-refractivity contribution in [1.29, 1.82) is 0 Å². The first-order valence-electron chi connectivity index (χ1n) is 23.4. The van der Waals surface area contributed by atoms with Crippen LogP contribution >= 0.6 is 50.2 Å². The van der Waals surface area contributed by atoms with Crippen molar-refractivity contribution in [2.75, 3.05) is 39.4 Å². The van der Waals surface area contributed by atoms with Crippen molar-refractivity contribution in [3.8, 4) is 0 Å². The minimum absolute atomic E-state index is 0.0133. The first kappa shape index (κ1) is 57.5. The minimum atomic E-state index is -3.02. The van der Waals surface area contributed by atoms with E-state index in [1.54, 1.807) is 37.0 Å². The third-order valence-electron chi connectivity index (χ3n) is 12.1. The van der Waals surface area contributed by atoms with E-state index in [-0.39, 0.29) is 72.5 Å². The maximum atomic E-state index is 14.5. The van der Waals surface area contributed by atoms with Crippen molar-refractivity contribution in [1.82, 2.24) is 30.4 Å². The van der Waals surface area contributed by atoms with E-state index in [1.807, 2.05) is 0 Å². The lowest BCUT2D eigenvalue weighted by Crippen LogP contribution is -2.50. The van der Waals surface area contributed by atoms with Crippen LogP contribution in [0.5, 0.6) is 0 Å². The van der Waals surface area contributed by atoms with Gasteiger partial charge in [-0.2, -0.15) is 0 Å². The van der Waals surface area contributed by atoms with Crippen molar-refractivity contribution < 1.29 is 65.2 Å². The van der Waals surface area contributed by atoms with Crippen LogP contribution in [-0.4, -0.2) is 129 Å². The number of aliphatic carboxylic acids is 2. The first-order valence-corrected chi connectivity index (χ1v) is 26.3. The number of esters is 2. The van der Waals surface area contributed by atoms with Gasteiger partial charge in [-0.3, -0.25) is 19.8 Å². The maximum absolute atomic E-state index is 14.5. The molecule has 4 aliphatic heterocycles. The number of carboxylic acid groups (broad SMARTS) is 2. The Morgan fingerprint density at radius 3 is 1.57 bits per heavy atom. The van der Waals surface area contributed by atoms with E-state index in [4.69, 9.17) is 36.3 Å². The number of nitrogens with one attached hydrogen (secondary N) is 2. The normalized spacial score (nSPS) is 21.8. The van der Waals surface area contributed by atoms with Crippen molar-refractivity contribution in [3.63, 3.8) is 0 Å². The Kier molecular flexibility index (Phi) is 19.1. The molecule has 0 radical (unpaired) electrons. The number of ether oxygens (including phenoxy) is 2. The number of carboxylic acids is 2. The highest BCUT2D eigenvalue weighted by atomic mass is 79.9. The lowest BCUT2D eigenvalue weighted by atomic mass is 9.93. The van der Waals surface area contributed by atoms with E-state index in [9.17, 15) is 45.5 Å². The van der Waals surface area contributed by atoms with E-state index in [0.29, 0.717) is 31.5 Å². The van der Waals surface area contributed by atoms with Gasteiger partial charge in [0.15, 0.2) is 21.7 Å². The van der Waals surface area contributed by atoms with Crippen LogP contribution in [0.4, 0.5) is 26.3 Å². The summed E-state index contributed by atoms with van der Waals surface area (Å²) in [4.78, 5) is 69.5. The number of hydrogen-bond acceptors (Lipinski definition) is 16. The summed E-state index contributed by atoms with van der Waals surface area (Å²) in [7, 11) is 0. The summed E-state index contributed by atoms with van der Waals surface area (Å²) in [6.45, 7) is 1.72. The van der Waals surface area contributed by atoms with Gasteiger partial charge in [-0.05, 0) is 56.5 Å². The molecule has 0 aliphatic carbocycles. The molecule has 2 aromatic heterocycles. The molecule has 0 spiro atoms. The van der Waals surface area contributed by atoms with Gasteiger partial charge in [0.1, 0.15) is 23.7 Å². The molecule has 8 rings (SSSR count). The molecule has 404 valence electrons. The Morgan fingerprint density at radius 1 is 0.737 bits per heavy atom. The summed E-state index contributed by atoms with van der Waals surface area (Å²) in [6, 6.07) is 4.41. The van der Waals surface area contributed by atoms with Gasteiger partial charge in [-0.1, -0.05) is 51.8 Å². The van der Waals surface area contributed by atoms with E-state index in [1.165, 1.54) is 75.0 Å². The van der Waals surface area contributed by atoms with Gasteiger partial charge in [0.2, 0.25) is 0 Å². The van der Waals surface area contributed by atoms with Gasteiger partial charge < -0.3 is 30.3 Å². The predicted molar refractivity (Wildman–Crippen MR) is 275 cm³/mol. The second kappa shape index (κ2) is 25.3. The molecule has 76 heavy (non-hydrogen) atoms. The molecule has 4 unspecified atom stereocenters. The van der Waals surface area contributed by atoms with Gasteiger partial charge in [-0.15, -0.1) is 22.7 Å². The first-order chi connectivity index (χ1) is 36.1. The molecular formula is C50H48BrClF6N8O8S2. The largest absolute Gasteiger partial charge is 0.478 e. The number of amidine groups is 2. The SMILES string of the molecule is CCOC(=O)C1=C(CN2CC(F)(F)CCC2/C=C/C(=O)O)NC(c2nccs2)=NC1c1ccc(F)cc1Br.CCOC(=O)C1=C(CN2CC(F)(F)CCC2/C=C/C(=O)O)NC(c2nccs2)=NC1c1ccc(F)cc1Cl. The highest BCUT2D eigenvalue weighted by Gasteiger charge is 2.43. The highest BCUT2D eigenvalue weighted by molar-refractivity contribution is 9.10. The molecule has 4 aliphatic rings. The highest BCUT2D eigenvalue weighted by Crippen LogP contribution is 2.41. The standard InChI is InChI=1S/C25H24BrF3N4O4S.C25H24ClF3N4O4S/c2*1-2-37-24(36)20-18(12-33-13-25(28,29)8-7-15(33)4-6-19(34)35)31-22(23-30-9-10-38-23)32-21(20)16-5-3-14(27)11-17(16)26/h2*3-6,9-11,15,21H,2,7-8,12-13H2,1H3,(H,31,32)(H,34,35)/b2*6-4+. The molecule has 6 heterocycles. The van der Waals surface area contributed by atoms with Crippen molar-refractivity contribution in [3.05, 3.63) is 149 Å². The number of aromatic nitrogens is 2. The van der Waals surface area contributed by atoms with Gasteiger partial charge in [0.05, 0.1) is 37.4 Å². The number of halogens is 8. The van der Waals surface area contributed by atoms with Gasteiger partial charge in [0.25, 0.3) is 11.8 Å². The van der Waals surface area contributed by atoms with Crippen LogP contribution in [0.15, 0.2) is 121 Å². The monoisotopic (exact) mass is 1180 g/mol. The number of piperidine rings is 2. The van der Waals surface area contributed by atoms with Crippen LogP contribution < -0.4 is 10.6 Å². The van der Waals surface area contributed by atoms with Gasteiger partial charge in [-0.25, -0.2) is 55.5 Å². The fraction of sp³-hybridized carbons (Fsp3) is 0.360. The summed E-state index contributed by atoms with van der Waals surface area (Å²) in [5.41, 5.74) is 1.37. The van der Waals surface area contributed by atoms with Crippen molar-refractivity contribution in [2.24, 2.45) is 9.98 Å².